The molecule has 0 aromatic carbocycles. The number of rotatable bonds is 0. The largest absolute Gasteiger partial charge is 0.400 e. The first-order valence-corrected chi connectivity index (χ1v) is 6.08. The van der Waals surface area contributed by atoms with Gasteiger partial charge in [0.05, 0.1) is 0 Å². The monoisotopic (exact) mass is 472 g/mol. The first-order chi connectivity index (χ1) is 7.00. The normalized spacial score (nSPS) is 18.4. The quantitative estimate of drug-likeness (QED) is 0.520. The Morgan fingerprint density at radius 3 is 0.938 bits per heavy atom. The summed E-state index contributed by atoms with van der Waals surface area (Å²) in [5, 5.41) is 7.00. The van der Waals surface area contributed by atoms with Crippen LogP contribution in [0.4, 0.5) is 0 Å². The van der Waals surface area contributed by atoms with E-state index in [1.807, 2.05) is 0 Å². The Kier molecular flexibility index (Phi) is 24.9. The van der Waals surface area contributed by atoms with Gasteiger partial charge in [-0.15, -0.1) is 0 Å². The summed E-state index contributed by atoms with van der Waals surface area (Å²) in [4.78, 5) is 0. The van der Waals surface area contributed by atoms with Crippen molar-refractivity contribution >= 4 is 0 Å². The summed E-state index contributed by atoms with van der Waals surface area (Å²) in [7, 11) is 1.00. The molecule has 0 aromatic heterocycles. The van der Waals surface area contributed by atoms with E-state index in [4.69, 9.17) is 5.11 Å². The Morgan fingerprint density at radius 1 is 0.625 bits per heavy atom. The van der Waals surface area contributed by atoms with E-state index in [9.17, 15) is 0 Å². The Labute approximate surface area is 97.3 Å². The first-order valence-electron chi connectivity index (χ1n) is 6.08. The topological polar surface area (TPSA) is 20.2 Å². The van der Waals surface area contributed by atoms with E-state index >= 15 is 0 Å². The van der Waals surface area contributed by atoms with Gasteiger partial charge in [-0.05, 0) is 0 Å². The van der Waals surface area contributed by atoms with Crippen molar-refractivity contribution in [1.82, 2.24) is 0 Å². The maximum Gasteiger partial charge on any atom is 0.0319 e. The number of hydrogen-bond acceptors (Lipinski definition) is 1. The molecule has 2 aliphatic carbocycles. The molecule has 2 fully saturated rings. The van der Waals surface area contributed by atoms with Crippen LogP contribution in [0.5, 0.6) is 0 Å². The molecule has 0 heterocycles. The Morgan fingerprint density at radius 2 is 0.875 bits per heavy atom. The molecule has 0 aliphatic heterocycles. The van der Waals surface area contributed by atoms with Crippen LogP contribution in [-0.4, -0.2) is 12.2 Å². The minimum atomic E-state index is 0. The minimum Gasteiger partial charge on any atom is -0.400 e. The minimum absolute atomic E-state index is 0. The average molecular weight is 472 g/mol. The second-order valence-electron chi connectivity index (χ2n) is 3.85. The van der Waals surface area contributed by atoms with E-state index in [1.54, 1.807) is 0 Å². The van der Waals surface area contributed by atoms with E-state index in [-0.39, 0.29) is 7.43 Å². The molecule has 0 saturated heterocycles. The number of aliphatic hydroxyl groups excluding tert-OH is 1. The van der Waals surface area contributed by atoms with Crippen LogP contribution in [0.1, 0.15) is 64.2 Å². The van der Waals surface area contributed by atoms with Crippen molar-refractivity contribution in [3.63, 3.8) is 0 Å². The van der Waals surface area contributed by atoms with Crippen LogP contribution >= 0.6 is 0 Å². The zero-order valence-corrected chi connectivity index (χ0v) is 13.2. The SMILES string of the molecule is CO.[CH-]1CCCCC1.[CH-]1CCCCC1.[CH3-].[No]. The van der Waals surface area contributed by atoms with Crippen LogP contribution < -0.4 is 0 Å². The van der Waals surface area contributed by atoms with Gasteiger partial charge in [0.15, 0.2) is 0 Å². The van der Waals surface area contributed by atoms with Gasteiger partial charge in [-0.1, -0.05) is 38.5 Å². The number of aliphatic hydroxyl groups is 1. The van der Waals surface area contributed by atoms with Crippen molar-refractivity contribution < 1.29 is 5.11 Å². The maximum atomic E-state index is 7.00. The van der Waals surface area contributed by atoms with Crippen LogP contribution in [0, 0.1) is 20.3 Å². The summed E-state index contributed by atoms with van der Waals surface area (Å²) in [6.45, 7) is 0. The summed E-state index contributed by atoms with van der Waals surface area (Å²) in [6, 6.07) is 0. The smallest absolute Gasteiger partial charge is 0.0319 e. The second kappa shape index (κ2) is 19.5. The molecule has 0 aromatic rings. The van der Waals surface area contributed by atoms with E-state index in [2.05, 4.69) is 12.8 Å². The van der Waals surface area contributed by atoms with Crippen LogP contribution in [0.3, 0.4) is 0 Å². The fourth-order valence-corrected chi connectivity index (χ4v) is 1.80. The molecule has 1 N–H and O–H groups in total. The standard InChI is InChI=1S/2C6H11.CH4O.CH3.No/c2*1-2-4-6-5-3-1;1-2;;/h2*1H,2-6H2;2H,1H3;1H3;/q2*-1;;-1;. The predicted octanol–water partition coefficient (Wildman–Crippen LogP) is 4.37. The van der Waals surface area contributed by atoms with E-state index in [1.165, 1.54) is 64.2 Å². The molecule has 1 nitrogen and oxygen atoms in total. The van der Waals surface area contributed by atoms with Crippen molar-refractivity contribution in [3.05, 3.63) is 20.3 Å². The van der Waals surface area contributed by atoms with Gasteiger partial charge in [0.1, 0.15) is 0 Å². The fraction of sp³-hybridized carbons (Fsp3) is 0.786. The second-order valence-corrected chi connectivity index (χ2v) is 3.85. The number of hydrogen-bond donors (Lipinski definition) is 1. The summed E-state index contributed by atoms with van der Waals surface area (Å²) < 4.78 is 0. The molecule has 0 spiro atoms. The summed E-state index contributed by atoms with van der Waals surface area (Å²) in [5.74, 6) is 0. The Balaban J connectivity index is -0.000000165. The molecular weight excluding hydrogens is 443 g/mol. The van der Waals surface area contributed by atoms with Crippen LogP contribution in [-0.2, 0) is 0 Å². The molecular formula is C14H29NoO-3. The average Bonchev–Trinajstić information content (AvgIpc) is 2.37. The van der Waals surface area contributed by atoms with Gasteiger partial charge in [0, 0.05) is 7.11 Å². The Hall–Kier alpha value is -1.04. The zero-order chi connectivity index (χ0) is 10.5. The Bertz CT molecular complexity index is 53.7. The van der Waals surface area contributed by atoms with E-state index < -0.39 is 0 Å². The van der Waals surface area contributed by atoms with Crippen LogP contribution in [0.15, 0.2) is 0 Å². The van der Waals surface area contributed by atoms with Crippen molar-refractivity contribution in [1.29, 1.82) is 0 Å². The molecule has 2 saturated carbocycles. The van der Waals surface area contributed by atoms with Crippen molar-refractivity contribution in [2.75, 3.05) is 7.11 Å². The van der Waals surface area contributed by atoms with Crippen LogP contribution in [0.2, 0.25) is 0 Å². The first kappa shape index (κ1) is 20.4. The molecule has 0 bridgehead atoms. The molecule has 108 valence electrons. The van der Waals surface area contributed by atoms with Gasteiger partial charge in [-0.25, -0.2) is 0 Å². The van der Waals surface area contributed by atoms with Gasteiger partial charge < -0.3 is 25.4 Å². The van der Waals surface area contributed by atoms with Gasteiger partial charge in [-0.3, -0.25) is 0 Å². The van der Waals surface area contributed by atoms with Crippen LogP contribution in [0.25, 0.3) is 0 Å². The fourth-order valence-electron chi connectivity index (χ4n) is 1.80. The third-order valence-corrected chi connectivity index (χ3v) is 2.63. The predicted molar refractivity (Wildman–Crippen MR) is 69.3 cm³/mol. The van der Waals surface area contributed by atoms with E-state index in [0.29, 0.717) is 0 Å². The molecule has 2 aliphatic rings. The molecule has 0 atom stereocenters. The maximum absolute atomic E-state index is 7.00. The third kappa shape index (κ3) is 15.4. The summed E-state index contributed by atoms with van der Waals surface area (Å²) in [5.41, 5.74) is 0. The molecule has 0 unspecified atom stereocenters. The van der Waals surface area contributed by atoms with Gasteiger partial charge >= 0.3 is 0 Å². The van der Waals surface area contributed by atoms with Crippen molar-refractivity contribution in [3.8, 4) is 0 Å². The summed E-state index contributed by atoms with van der Waals surface area (Å²) >= 11 is 0. The molecule has 16 heavy (non-hydrogen) atoms. The van der Waals surface area contributed by atoms with Gasteiger partial charge in [-0.2, -0.15) is 25.7 Å². The van der Waals surface area contributed by atoms with E-state index in [0.717, 1.165) is 7.11 Å². The molecule has 0 radical (unpaired) electrons. The van der Waals surface area contributed by atoms with Gasteiger partial charge in [0.25, 0.3) is 0 Å². The van der Waals surface area contributed by atoms with Crippen molar-refractivity contribution in [2.45, 2.75) is 64.2 Å². The third-order valence-electron chi connectivity index (χ3n) is 2.63. The molecule has 2 rings (SSSR count). The van der Waals surface area contributed by atoms with Crippen molar-refractivity contribution in [2.24, 2.45) is 0 Å². The molecule has 2 heteroatoms. The zero-order valence-electron chi connectivity index (χ0n) is 10.9. The summed E-state index contributed by atoms with van der Waals surface area (Å²) in [6.07, 6.45) is 19.0. The molecule has 0 amide bonds. The van der Waals surface area contributed by atoms with Gasteiger partial charge in [0.2, 0.25) is 0 Å².